The summed E-state index contributed by atoms with van der Waals surface area (Å²) < 4.78 is 4.09. The molecule has 80 valence electrons. The van der Waals surface area contributed by atoms with E-state index >= 15 is 0 Å². The molecule has 0 aliphatic heterocycles. The molecule has 0 fully saturated rings. The third-order valence-electron chi connectivity index (χ3n) is 0.718. The first-order valence-corrected chi connectivity index (χ1v) is 4.46. The Hall–Kier alpha value is -0.770. The zero-order valence-corrected chi connectivity index (χ0v) is 9.05. The normalized spacial score (nSPS) is 9.92. The van der Waals surface area contributed by atoms with Crippen molar-refractivity contribution in [2.75, 3.05) is 6.61 Å². The number of rotatable bonds is 3. The molecule has 0 heterocycles. The maximum Gasteiger partial charge on any atom is 0.251 e. The van der Waals surface area contributed by atoms with Gasteiger partial charge in [0.2, 0.25) is 0 Å². The van der Waals surface area contributed by atoms with E-state index in [9.17, 15) is 9.90 Å². The number of hydrogen-bond donors (Lipinski definition) is 1. The number of carbonyl (C=O) groups is 1. The number of ether oxygens (including phenoxy) is 1. The molecule has 0 radical (unpaired) electrons. The molecule has 0 aromatic carbocycles. The van der Waals surface area contributed by atoms with Gasteiger partial charge in [-0.3, -0.25) is 0 Å². The molecule has 13 heavy (non-hydrogen) atoms. The number of carbonyl (C=O) groups excluding carboxylic acids is 1. The van der Waals surface area contributed by atoms with Crippen LogP contribution in [0.15, 0.2) is 0 Å². The van der Waals surface area contributed by atoms with Gasteiger partial charge in [-0.1, -0.05) is 13.3 Å². The average Bonchev–Trinajstić information content (AvgIpc) is 1.83. The monoisotopic (exact) mass is 191 g/mol. The van der Waals surface area contributed by atoms with Crippen LogP contribution in [0.2, 0.25) is 0 Å². The topological polar surface area (TPSA) is 77.0 Å². The van der Waals surface area contributed by atoms with E-state index in [-0.39, 0.29) is 12.1 Å². The average molecular weight is 191 g/mol. The van der Waals surface area contributed by atoms with E-state index < -0.39 is 6.16 Å². The minimum absolute atomic E-state index is 0.250. The van der Waals surface area contributed by atoms with Crippen LogP contribution in [0.4, 0.5) is 4.79 Å². The lowest BCUT2D eigenvalue weighted by molar-refractivity contribution is -0.458. The quantitative estimate of drug-likeness (QED) is 0.510. The summed E-state index contributed by atoms with van der Waals surface area (Å²) in [5.41, 5.74) is 4.02. The number of hydrogen-bond acceptors (Lipinski definition) is 3. The van der Waals surface area contributed by atoms with Crippen molar-refractivity contribution in [2.24, 2.45) is 0 Å². The second-order valence-electron chi connectivity index (χ2n) is 4.01. The fourth-order valence-electron chi connectivity index (χ4n) is 0.300. The molecule has 0 spiro atoms. The highest BCUT2D eigenvalue weighted by Gasteiger charge is 2.00. The zero-order valence-electron chi connectivity index (χ0n) is 9.05. The van der Waals surface area contributed by atoms with Crippen molar-refractivity contribution in [1.29, 1.82) is 0 Å². The van der Waals surface area contributed by atoms with Gasteiger partial charge in [0.15, 0.2) is 0 Å². The summed E-state index contributed by atoms with van der Waals surface area (Å²) in [7, 11) is 0. The second kappa shape index (κ2) is 7.86. The smallest absolute Gasteiger partial charge is 0.251 e. The summed E-state index contributed by atoms with van der Waals surface area (Å²) in [6.45, 7) is 8.45. The van der Waals surface area contributed by atoms with E-state index in [1.54, 1.807) is 0 Å². The molecule has 0 saturated carbocycles. The zero-order chi connectivity index (χ0) is 10.9. The van der Waals surface area contributed by atoms with Gasteiger partial charge >= 0.3 is 0 Å². The summed E-state index contributed by atoms with van der Waals surface area (Å²) in [6.07, 6.45) is 0.278. The van der Waals surface area contributed by atoms with Gasteiger partial charge in [-0.05, 0) is 27.2 Å². The molecule has 0 saturated heterocycles. The van der Waals surface area contributed by atoms with Gasteiger partial charge in [0, 0.05) is 6.61 Å². The predicted octanol–water partition coefficient (Wildman–Crippen LogP) is 0.173. The van der Waals surface area contributed by atoms with E-state index in [4.69, 9.17) is 0 Å². The number of quaternary nitrogens is 1. The van der Waals surface area contributed by atoms with Crippen LogP contribution in [-0.2, 0) is 4.74 Å². The van der Waals surface area contributed by atoms with Crippen molar-refractivity contribution < 1.29 is 20.4 Å². The molecule has 0 atom stereocenters. The highest BCUT2D eigenvalue weighted by molar-refractivity contribution is 5.53. The van der Waals surface area contributed by atoms with E-state index in [2.05, 4.69) is 31.2 Å². The molecule has 0 aliphatic rings. The van der Waals surface area contributed by atoms with Crippen molar-refractivity contribution in [2.45, 2.75) is 46.1 Å². The van der Waals surface area contributed by atoms with Crippen LogP contribution >= 0.6 is 0 Å². The van der Waals surface area contributed by atoms with Crippen LogP contribution in [-0.4, -0.2) is 18.3 Å². The lowest BCUT2D eigenvalue weighted by Crippen LogP contribution is -2.67. The van der Waals surface area contributed by atoms with Crippen molar-refractivity contribution in [3.8, 4) is 0 Å². The van der Waals surface area contributed by atoms with Crippen LogP contribution in [0.25, 0.3) is 0 Å². The summed E-state index contributed by atoms with van der Waals surface area (Å²) in [4.78, 5) is 9.54. The molecule has 0 bridgehead atoms. The van der Waals surface area contributed by atoms with Crippen molar-refractivity contribution in [3.63, 3.8) is 0 Å². The van der Waals surface area contributed by atoms with Gasteiger partial charge in [0.05, 0.1) is 5.54 Å². The largest absolute Gasteiger partial charge is 0.550 e. The Labute approximate surface area is 80.1 Å². The summed E-state index contributed by atoms with van der Waals surface area (Å²) in [6, 6.07) is 0. The Kier molecular flexibility index (Phi) is 8.91. The molecule has 4 nitrogen and oxygen atoms in total. The molecule has 0 amide bonds. The van der Waals surface area contributed by atoms with E-state index in [0.717, 1.165) is 12.8 Å². The van der Waals surface area contributed by atoms with E-state index in [0.29, 0.717) is 0 Å². The lowest BCUT2D eigenvalue weighted by atomic mass is 10.1. The van der Waals surface area contributed by atoms with E-state index in [1.807, 2.05) is 6.92 Å². The first-order valence-electron chi connectivity index (χ1n) is 4.46. The van der Waals surface area contributed by atoms with Crippen molar-refractivity contribution in [3.05, 3.63) is 0 Å². The summed E-state index contributed by atoms with van der Waals surface area (Å²) >= 11 is 0. The molecule has 0 aromatic rings. The number of carboxylic acid groups (broad SMARTS) is 1. The Morgan fingerprint density at radius 2 is 1.85 bits per heavy atom. The molecule has 0 rings (SSSR count). The fourth-order valence-corrected chi connectivity index (χ4v) is 0.300. The Balaban J connectivity index is 0. The molecule has 3 N–H and O–H groups in total. The van der Waals surface area contributed by atoms with Gasteiger partial charge in [0.25, 0.3) is 6.16 Å². The minimum atomic E-state index is -1.43. The Morgan fingerprint density at radius 1 is 1.46 bits per heavy atom. The van der Waals surface area contributed by atoms with Crippen LogP contribution in [0.1, 0.15) is 40.5 Å². The third-order valence-corrected chi connectivity index (χ3v) is 0.718. The highest BCUT2D eigenvalue weighted by Crippen LogP contribution is 1.85. The molecule has 0 aromatic heterocycles. The molecular formula is C9H21NO3. The van der Waals surface area contributed by atoms with Crippen molar-refractivity contribution >= 4 is 6.16 Å². The minimum Gasteiger partial charge on any atom is -0.550 e. The maximum absolute atomic E-state index is 9.54. The van der Waals surface area contributed by atoms with Crippen molar-refractivity contribution in [1.82, 2.24) is 0 Å². The Morgan fingerprint density at radius 3 is 2.08 bits per heavy atom. The van der Waals surface area contributed by atoms with E-state index in [1.165, 1.54) is 0 Å². The van der Waals surface area contributed by atoms with Crippen LogP contribution < -0.4 is 10.8 Å². The SMILES string of the molecule is CC(C)(C)[NH3+].CCCCOC(=O)[O-]. The van der Waals surface area contributed by atoms with Gasteiger partial charge in [-0.25, -0.2) is 0 Å². The predicted molar refractivity (Wildman–Crippen MR) is 48.9 cm³/mol. The number of unbranched alkanes of at least 4 members (excludes halogenated alkanes) is 1. The third kappa shape index (κ3) is 53.5. The first kappa shape index (κ1) is 14.7. The first-order chi connectivity index (χ1) is 5.77. The molecule has 4 heteroatoms. The molecular weight excluding hydrogens is 170 g/mol. The lowest BCUT2D eigenvalue weighted by Gasteiger charge is -2.04. The van der Waals surface area contributed by atoms with Crippen LogP contribution in [0.5, 0.6) is 0 Å². The van der Waals surface area contributed by atoms with Gasteiger partial charge in [-0.2, -0.15) is 0 Å². The highest BCUT2D eigenvalue weighted by atomic mass is 16.7. The van der Waals surface area contributed by atoms with Gasteiger partial charge in [0.1, 0.15) is 0 Å². The van der Waals surface area contributed by atoms with Crippen LogP contribution in [0.3, 0.4) is 0 Å². The standard InChI is InChI=1S/C5H10O3.C4H11N/c1-2-3-4-8-5(6)7;1-4(2,3)5/h2-4H2,1H3,(H,6,7);5H2,1-3H3. The van der Waals surface area contributed by atoms with Gasteiger partial charge in [-0.15, -0.1) is 0 Å². The fraction of sp³-hybridized carbons (Fsp3) is 0.889. The van der Waals surface area contributed by atoms with Crippen LogP contribution in [0, 0.1) is 0 Å². The molecule has 0 aliphatic carbocycles. The van der Waals surface area contributed by atoms with Gasteiger partial charge < -0.3 is 20.4 Å². The summed E-state index contributed by atoms with van der Waals surface area (Å²) in [5, 5.41) is 9.54. The Bertz CT molecular complexity index is 123. The maximum atomic E-state index is 9.54. The second-order valence-corrected chi connectivity index (χ2v) is 4.01. The molecule has 0 unspecified atom stereocenters. The summed E-state index contributed by atoms with van der Waals surface area (Å²) in [5.74, 6) is 0.